The Bertz CT molecular complexity index is 1210. The lowest BCUT2D eigenvalue weighted by Crippen LogP contribution is -2.54. The average Bonchev–Trinajstić information content (AvgIpc) is 3.64. The summed E-state index contributed by atoms with van der Waals surface area (Å²) >= 11 is 0. The van der Waals surface area contributed by atoms with E-state index >= 15 is 0 Å². The van der Waals surface area contributed by atoms with Gasteiger partial charge >= 0.3 is 0 Å². The summed E-state index contributed by atoms with van der Waals surface area (Å²) in [5.41, 5.74) is 1.53. The molecular formula is C28H32N4O4. The van der Waals surface area contributed by atoms with Crippen molar-refractivity contribution in [3.05, 3.63) is 60.0 Å². The van der Waals surface area contributed by atoms with E-state index in [-0.39, 0.29) is 11.9 Å². The maximum Gasteiger partial charge on any atom is 0.244 e. The minimum absolute atomic E-state index is 0.00884. The Labute approximate surface area is 211 Å². The monoisotopic (exact) mass is 488 g/mol. The molecule has 0 radical (unpaired) electrons. The van der Waals surface area contributed by atoms with Gasteiger partial charge in [-0.05, 0) is 37.5 Å². The number of piperazine rings is 1. The first-order valence-electron chi connectivity index (χ1n) is 13.0. The predicted molar refractivity (Wildman–Crippen MR) is 134 cm³/mol. The number of ether oxygens (including phenoxy) is 2. The Morgan fingerprint density at radius 1 is 0.944 bits per heavy atom. The van der Waals surface area contributed by atoms with E-state index in [1.165, 1.54) is 0 Å². The van der Waals surface area contributed by atoms with Crippen LogP contribution in [-0.2, 0) is 10.2 Å². The predicted octanol–water partition coefficient (Wildman–Crippen LogP) is 4.23. The second-order valence-corrected chi connectivity index (χ2v) is 9.97. The van der Waals surface area contributed by atoms with E-state index < -0.39 is 5.41 Å². The minimum Gasteiger partial charge on any atom is -0.486 e. The molecule has 1 saturated heterocycles. The Morgan fingerprint density at radius 2 is 1.67 bits per heavy atom. The third-order valence-corrected chi connectivity index (χ3v) is 7.94. The molecule has 0 bridgehead atoms. The van der Waals surface area contributed by atoms with Gasteiger partial charge in [0, 0.05) is 31.7 Å². The molecule has 2 fully saturated rings. The summed E-state index contributed by atoms with van der Waals surface area (Å²) in [5, 5.41) is 4.17. The van der Waals surface area contributed by atoms with Crippen LogP contribution in [0.1, 0.15) is 50.1 Å². The third-order valence-electron chi connectivity index (χ3n) is 7.94. The van der Waals surface area contributed by atoms with Crippen LogP contribution in [0.25, 0.3) is 11.4 Å². The van der Waals surface area contributed by atoms with E-state index in [4.69, 9.17) is 14.0 Å². The summed E-state index contributed by atoms with van der Waals surface area (Å²) in [6.45, 7) is 6.12. The van der Waals surface area contributed by atoms with E-state index in [0.29, 0.717) is 38.0 Å². The summed E-state index contributed by atoms with van der Waals surface area (Å²) in [7, 11) is 0. The lowest BCUT2D eigenvalue weighted by Gasteiger charge is -2.41. The highest BCUT2D eigenvalue weighted by Gasteiger charge is 2.46. The van der Waals surface area contributed by atoms with Gasteiger partial charge in [0.1, 0.15) is 13.2 Å². The first-order valence-corrected chi connectivity index (χ1v) is 13.0. The van der Waals surface area contributed by atoms with Crippen LogP contribution >= 0.6 is 0 Å². The van der Waals surface area contributed by atoms with Crippen LogP contribution in [0.2, 0.25) is 0 Å². The number of carbonyl (C=O) groups excluding carboxylic acids is 1. The molecule has 2 aromatic carbocycles. The molecule has 1 aliphatic carbocycles. The number of hydrogen-bond donors (Lipinski definition) is 0. The molecular weight excluding hydrogens is 456 g/mol. The van der Waals surface area contributed by atoms with Crippen molar-refractivity contribution in [2.24, 2.45) is 0 Å². The minimum atomic E-state index is -0.472. The number of benzene rings is 2. The quantitative estimate of drug-likeness (QED) is 0.532. The number of carbonyl (C=O) groups is 1. The summed E-state index contributed by atoms with van der Waals surface area (Å²) in [4.78, 5) is 23.0. The van der Waals surface area contributed by atoms with Gasteiger partial charge in [0.25, 0.3) is 0 Å². The van der Waals surface area contributed by atoms with Crippen molar-refractivity contribution in [1.29, 1.82) is 0 Å². The van der Waals surface area contributed by atoms with Crippen LogP contribution in [0.5, 0.6) is 11.5 Å². The van der Waals surface area contributed by atoms with Crippen LogP contribution in [-0.4, -0.2) is 65.2 Å². The zero-order valence-electron chi connectivity index (χ0n) is 20.7. The van der Waals surface area contributed by atoms with Crippen molar-refractivity contribution in [2.45, 2.75) is 44.1 Å². The van der Waals surface area contributed by atoms with Crippen molar-refractivity contribution in [3.63, 3.8) is 0 Å². The standard InChI is InChI=1S/C28H32N4O4/c1-20(26-29-25(30-36-26)21-7-3-2-4-8-21)31-13-15-32(16-14-31)27(33)28(11-5-6-12-28)22-9-10-23-24(19-22)35-18-17-34-23/h2-4,7-10,19-20H,5-6,11-18H2,1H3. The number of rotatable bonds is 5. The van der Waals surface area contributed by atoms with E-state index in [0.717, 1.165) is 61.4 Å². The molecule has 188 valence electrons. The Hall–Kier alpha value is -3.39. The van der Waals surface area contributed by atoms with Gasteiger partial charge in [0.15, 0.2) is 11.5 Å². The van der Waals surface area contributed by atoms with Crippen LogP contribution in [0.4, 0.5) is 0 Å². The molecule has 0 N–H and O–H groups in total. The number of aromatic nitrogens is 2. The lowest BCUT2D eigenvalue weighted by atomic mass is 9.77. The number of hydrogen-bond acceptors (Lipinski definition) is 7. The Kier molecular flexibility index (Phi) is 6.13. The van der Waals surface area contributed by atoms with Gasteiger partial charge in [-0.15, -0.1) is 0 Å². The highest BCUT2D eigenvalue weighted by atomic mass is 16.6. The molecule has 2 aliphatic heterocycles. The fourth-order valence-corrected chi connectivity index (χ4v) is 5.83. The Morgan fingerprint density at radius 3 is 2.42 bits per heavy atom. The summed E-state index contributed by atoms with van der Waals surface area (Å²) in [6.07, 6.45) is 3.90. The van der Waals surface area contributed by atoms with Crippen molar-refractivity contribution < 1.29 is 18.8 Å². The van der Waals surface area contributed by atoms with Crippen molar-refractivity contribution >= 4 is 5.91 Å². The van der Waals surface area contributed by atoms with Crippen molar-refractivity contribution in [3.8, 4) is 22.9 Å². The number of amides is 1. The molecule has 8 heteroatoms. The van der Waals surface area contributed by atoms with E-state index in [1.54, 1.807) is 0 Å². The second-order valence-electron chi connectivity index (χ2n) is 9.97. The number of fused-ring (bicyclic) bond motifs is 1. The van der Waals surface area contributed by atoms with Gasteiger partial charge in [0.2, 0.25) is 17.6 Å². The highest BCUT2D eigenvalue weighted by Crippen LogP contribution is 2.45. The molecule has 1 unspecified atom stereocenters. The van der Waals surface area contributed by atoms with Crippen LogP contribution < -0.4 is 9.47 Å². The zero-order chi connectivity index (χ0) is 24.5. The molecule has 1 aromatic heterocycles. The van der Waals surface area contributed by atoms with Gasteiger partial charge in [0.05, 0.1) is 11.5 Å². The molecule has 36 heavy (non-hydrogen) atoms. The van der Waals surface area contributed by atoms with Gasteiger partial charge in [-0.2, -0.15) is 4.98 Å². The van der Waals surface area contributed by atoms with Crippen LogP contribution in [0, 0.1) is 0 Å². The maximum absolute atomic E-state index is 14.0. The molecule has 1 saturated carbocycles. The fraction of sp³-hybridized carbons (Fsp3) is 0.464. The molecule has 8 nitrogen and oxygen atoms in total. The van der Waals surface area contributed by atoms with Gasteiger partial charge < -0.3 is 18.9 Å². The molecule has 1 atom stereocenters. The zero-order valence-corrected chi connectivity index (χ0v) is 20.7. The van der Waals surface area contributed by atoms with Gasteiger partial charge in [-0.25, -0.2) is 0 Å². The maximum atomic E-state index is 14.0. The third kappa shape index (κ3) is 4.13. The smallest absolute Gasteiger partial charge is 0.244 e. The van der Waals surface area contributed by atoms with Gasteiger partial charge in [-0.1, -0.05) is 54.4 Å². The summed E-state index contributed by atoms with van der Waals surface area (Å²) in [6, 6.07) is 15.9. The topological polar surface area (TPSA) is 80.9 Å². The first kappa shape index (κ1) is 23.0. The van der Waals surface area contributed by atoms with Gasteiger partial charge in [-0.3, -0.25) is 9.69 Å². The SMILES string of the molecule is CC(c1nc(-c2ccccc2)no1)N1CCN(C(=O)C2(c3ccc4c(c3)OCCO4)CCCC2)CC1. The van der Waals surface area contributed by atoms with E-state index in [2.05, 4.69) is 32.9 Å². The first-order chi connectivity index (χ1) is 17.6. The van der Waals surface area contributed by atoms with Crippen LogP contribution in [0.15, 0.2) is 53.1 Å². The lowest BCUT2D eigenvalue weighted by molar-refractivity contribution is -0.139. The summed E-state index contributed by atoms with van der Waals surface area (Å²) < 4.78 is 17.1. The molecule has 1 amide bonds. The van der Waals surface area contributed by atoms with E-state index in [1.807, 2.05) is 42.5 Å². The van der Waals surface area contributed by atoms with Crippen molar-refractivity contribution in [2.75, 3.05) is 39.4 Å². The second kappa shape index (κ2) is 9.58. The Balaban J connectivity index is 1.14. The molecule has 3 aromatic rings. The largest absolute Gasteiger partial charge is 0.486 e. The molecule has 0 spiro atoms. The fourth-order valence-electron chi connectivity index (χ4n) is 5.83. The molecule has 3 heterocycles. The molecule has 6 rings (SSSR count). The van der Waals surface area contributed by atoms with E-state index in [9.17, 15) is 4.79 Å². The highest BCUT2D eigenvalue weighted by molar-refractivity contribution is 5.89. The van der Waals surface area contributed by atoms with Crippen molar-refractivity contribution in [1.82, 2.24) is 19.9 Å². The average molecular weight is 489 g/mol. The summed E-state index contributed by atoms with van der Waals surface area (Å²) in [5.74, 6) is 2.98. The normalized spacial score (nSPS) is 20.3. The number of nitrogens with zero attached hydrogens (tertiary/aromatic N) is 4. The van der Waals surface area contributed by atoms with Crippen LogP contribution in [0.3, 0.4) is 0 Å². The molecule has 3 aliphatic rings.